The van der Waals surface area contributed by atoms with Gasteiger partial charge in [-0.3, -0.25) is 9.69 Å². The van der Waals surface area contributed by atoms with Gasteiger partial charge in [-0.1, -0.05) is 18.2 Å². The summed E-state index contributed by atoms with van der Waals surface area (Å²) in [6.45, 7) is 3.38. The number of likely N-dealkylation sites (N-methyl/N-ethyl adjacent to an activating group) is 1. The van der Waals surface area contributed by atoms with Crippen molar-refractivity contribution < 1.29 is 18.7 Å². The standard InChI is InChI=1S/C19H24N2O4/c1-4-24-19(23)17-14(13-8-5-6-10-16(13)25-17)12-21-11-7-9-15(21)18(22)20(2)3/h5-6,8,10,15H,4,7,9,11-12H2,1-3H3/t15-/m0/s1. The minimum absolute atomic E-state index is 0.1000. The zero-order valence-corrected chi connectivity index (χ0v) is 14.9. The van der Waals surface area contributed by atoms with Gasteiger partial charge in [0, 0.05) is 31.6 Å². The summed E-state index contributed by atoms with van der Waals surface area (Å²) >= 11 is 0. The van der Waals surface area contributed by atoms with Crippen LogP contribution in [0.3, 0.4) is 0 Å². The molecule has 1 aliphatic heterocycles. The van der Waals surface area contributed by atoms with E-state index in [1.165, 1.54) is 0 Å². The van der Waals surface area contributed by atoms with Crippen molar-refractivity contribution in [1.29, 1.82) is 0 Å². The van der Waals surface area contributed by atoms with Gasteiger partial charge in [0.2, 0.25) is 11.7 Å². The summed E-state index contributed by atoms with van der Waals surface area (Å²) in [6.07, 6.45) is 1.80. The third kappa shape index (κ3) is 3.39. The van der Waals surface area contributed by atoms with Crippen LogP contribution < -0.4 is 0 Å². The Hall–Kier alpha value is -2.34. The van der Waals surface area contributed by atoms with Gasteiger partial charge in [-0.25, -0.2) is 4.79 Å². The maximum atomic E-state index is 12.4. The summed E-state index contributed by atoms with van der Waals surface area (Å²) in [6, 6.07) is 7.42. The molecular weight excluding hydrogens is 320 g/mol. The van der Waals surface area contributed by atoms with Crippen LogP contribution in [0.4, 0.5) is 0 Å². The average molecular weight is 344 g/mol. The maximum Gasteiger partial charge on any atom is 0.374 e. The van der Waals surface area contributed by atoms with Crippen molar-refractivity contribution in [1.82, 2.24) is 9.80 Å². The quantitative estimate of drug-likeness (QED) is 0.780. The molecule has 0 unspecified atom stereocenters. The minimum Gasteiger partial charge on any atom is -0.460 e. The van der Waals surface area contributed by atoms with Crippen molar-refractivity contribution in [3.05, 3.63) is 35.6 Å². The first-order chi connectivity index (χ1) is 12.0. The van der Waals surface area contributed by atoms with Gasteiger partial charge in [0.15, 0.2) is 0 Å². The largest absolute Gasteiger partial charge is 0.460 e. The number of hydrogen-bond donors (Lipinski definition) is 0. The molecule has 0 radical (unpaired) electrons. The number of hydrogen-bond acceptors (Lipinski definition) is 5. The highest BCUT2D eigenvalue weighted by Crippen LogP contribution is 2.30. The zero-order chi connectivity index (χ0) is 18.0. The molecule has 0 N–H and O–H groups in total. The second kappa shape index (κ2) is 7.27. The number of ether oxygens (including phenoxy) is 1. The molecule has 1 aromatic heterocycles. The zero-order valence-electron chi connectivity index (χ0n) is 14.9. The fraction of sp³-hybridized carbons (Fsp3) is 0.474. The Morgan fingerprint density at radius 3 is 2.80 bits per heavy atom. The number of rotatable bonds is 5. The molecule has 1 amide bonds. The van der Waals surface area contributed by atoms with E-state index in [9.17, 15) is 9.59 Å². The first-order valence-corrected chi connectivity index (χ1v) is 8.65. The molecule has 1 saturated heterocycles. The number of nitrogens with zero attached hydrogens (tertiary/aromatic N) is 2. The van der Waals surface area contributed by atoms with Gasteiger partial charge in [-0.15, -0.1) is 0 Å². The molecule has 2 heterocycles. The summed E-state index contributed by atoms with van der Waals surface area (Å²) in [5.41, 5.74) is 1.46. The summed E-state index contributed by atoms with van der Waals surface area (Å²) in [5.74, 6) is -0.114. The van der Waals surface area contributed by atoms with Crippen LogP contribution >= 0.6 is 0 Å². The highest BCUT2D eigenvalue weighted by Gasteiger charge is 2.33. The van der Waals surface area contributed by atoms with E-state index >= 15 is 0 Å². The fourth-order valence-electron chi connectivity index (χ4n) is 3.41. The first kappa shape index (κ1) is 17.5. The molecule has 1 atom stereocenters. The van der Waals surface area contributed by atoms with E-state index in [0.717, 1.165) is 30.3 Å². The molecule has 2 aromatic rings. The normalized spacial score (nSPS) is 17.8. The van der Waals surface area contributed by atoms with E-state index < -0.39 is 5.97 Å². The molecule has 0 spiro atoms. The van der Waals surface area contributed by atoms with Crippen LogP contribution in [0.2, 0.25) is 0 Å². The van der Waals surface area contributed by atoms with Crippen LogP contribution in [-0.4, -0.2) is 55.0 Å². The number of furan rings is 1. The van der Waals surface area contributed by atoms with Gasteiger partial charge in [-0.2, -0.15) is 0 Å². The average Bonchev–Trinajstić information content (AvgIpc) is 3.20. The highest BCUT2D eigenvalue weighted by molar-refractivity contribution is 5.96. The molecule has 0 saturated carbocycles. The van der Waals surface area contributed by atoms with E-state index in [4.69, 9.17) is 9.15 Å². The second-order valence-electron chi connectivity index (χ2n) is 6.49. The van der Waals surface area contributed by atoms with Crippen molar-refractivity contribution in [2.45, 2.75) is 32.4 Å². The van der Waals surface area contributed by atoms with E-state index in [1.54, 1.807) is 25.9 Å². The Kier molecular flexibility index (Phi) is 5.08. The monoisotopic (exact) mass is 344 g/mol. The number of likely N-dealkylation sites (tertiary alicyclic amines) is 1. The lowest BCUT2D eigenvalue weighted by Crippen LogP contribution is -2.42. The minimum atomic E-state index is -0.455. The number of para-hydroxylation sites is 1. The van der Waals surface area contributed by atoms with Crippen molar-refractivity contribution in [2.24, 2.45) is 0 Å². The highest BCUT2D eigenvalue weighted by atomic mass is 16.5. The number of fused-ring (bicyclic) bond motifs is 1. The van der Waals surface area contributed by atoms with E-state index in [2.05, 4.69) is 4.90 Å². The molecule has 6 heteroatoms. The lowest BCUT2D eigenvalue weighted by Gasteiger charge is -2.26. The third-order valence-corrected chi connectivity index (χ3v) is 4.61. The van der Waals surface area contributed by atoms with Gasteiger partial charge in [0.25, 0.3) is 0 Å². The fourth-order valence-corrected chi connectivity index (χ4v) is 3.41. The van der Waals surface area contributed by atoms with Crippen LogP contribution in [0, 0.1) is 0 Å². The Balaban J connectivity index is 1.95. The van der Waals surface area contributed by atoms with Crippen LogP contribution in [-0.2, 0) is 16.1 Å². The van der Waals surface area contributed by atoms with Crippen molar-refractivity contribution in [2.75, 3.05) is 27.2 Å². The Labute approximate surface area is 147 Å². The SMILES string of the molecule is CCOC(=O)c1oc2ccccc2c1CN1CCC[C@H]1C(=O)N(C)C. The molecular formula is C19H24N2O4. The molecule has 6 nitrogen and oxygen atoms in total. The summed E-state index contributed by atoms with van der Waals surface area (Å²) in [7, 11) is 3.55. The second-order valence-corrected chi connectivity index (χ2v) is 6.49. The topological polar surface area (TPSA) is 63.0 Å². The van der Waals surface area contributed by atoms with Crippen LogP contribution in [0.1, 0.15) is 35.9 Å². The molecule has 0 aliphatic carbocycles. The molecule has 3 rings (SSSR count). The summed E-state index contributed by atoms with van der Waals surface area (Å²) < 4.78 is 10.9. The van der Waals surface area contributed by atoms with Crippen LogP contribution in [0.15, 0.2) is 28.7 Å². The number of amides is 1. The molecule has 0 bridgehead atoms. The third-order valence-electron chi connectivity index (χ3n) is 4.61. The lowest BCUT2D eigenvalue weighted by atomic mass is 10.1. The molecule has 25 heavy (non-hydrogen) atoms. The first-order valence-electron chi connectivity index (χ1n) is 8.65. The molecule has 1 aliphatic rings. The predicted molar refractivity (Wildman–Crippen MR) is 94.3 cm³/mol. The van der Waals surface area contributed by atoms with Crippen molar-refractivity contribution >= 4 is 22.8 Å². The maximum absolute atomic E-state index is 12.4. The lowest BCUT2D eigenvalue weighted by molar-refractivity contribution is -0.133. The number of carbonyl (C=O) groups excluding carboxylic acids is 2. The molecule has 1 fully saturated rings. The smallest absolute Gasteiger partial charge is 0.374 e. The number of esters is 1. The van der Waals surface area contributed by atoms with Gasteiger partial charge in [0.1, 0.15) is 5.58 Å². The summed E-state index contributed by atoms with van der Waals surface area (Å²) in [5, 5.41) is 0.897. The van der Waals surface area contributed by atoms with E-state index in [0.29, 0.717) is 18.7 Å². The Morgan fingerprint density at radius 2 is 2.08 bits per heavy atom. The van der Waals surface area contributed by atoms with Crippen molar-refractivity contribution in [3.8, 4) is 0 Å². The van der Waals surface area contributed by atoms with Gasteiger partial charge in [0.05, 0.1) is 12.6 Å². The van der Waals surface area contributed by atoms with E-state index in [-0.39, 0.29) is 17.7 Å². The van der Waals surface area contributed by atoms with Crippen molar-refractivity contribution in [3.63, 3.8) is 0 Å². The molecule has 134 valence electrons. The summed E-state index contributed by atoms with van der Waals surface area (Å²) in [4.78, 5) is 28.5. The Morgan fingerprint density at radius 1 is 1.32 bits per heavy atom. The molecule has 1 aromatic carbocycles. The van der Waals surface area contributed by atoms with Gasteiger partial charge in [-0.05, 0) is 32.4 Å². The predicted octanol–water partition coefficient (Wildman–Crippen LogP) is 2.66. The van der Waals surface area contributed by atoms with E-state index in [1.807, 2.05) is 24.3 Å². The number of carbonyl (C=O) groups is 2. The van der Waals surface area contributed by atoms with Gasteiger partial charge >= 0.3 is 5.97 Å². The van der Waals surface area contributed by atoms with Crippen LogP contribution in [0.5, 0.6) is 0 Å². The Bertz CT molecular complexity index is 781. The van der Waals surface area contributed by atoms with Gasteiger partial charge < -0.3 is 14.1 Å². The van der Waals surface area contributed by atoms with Crippen LogP contribution in [0.25, 0.3) is 11.0 Å². The number of benzene rings is 1.